The van der Waals surface area contributed by atoms with E-state index in [4.69, 9.17) is 37.5 Å². The van der Waals surface area contributed by atoms with Crippen LogP contribution in [-0.4, -0.2) is 32.1 Å². The minimum absolute atomic E-state index is 0.247. The van der Waals surface area contributed by atoms with Gasteiger partial charge < -0.3 is 9.47 Å². The summed E-state index contributed by atoms with van der Waals surface area (Å²) in [5.41, 5.74) is 1.74. The van der Waals surface area contributed by atoms with Crippen molar-refractivity contribution in [2.24, 2.45) is 5.92 Å². The molecule has 5 rings (SSSR count). The molecule has 2 aliphatic heterocycles. The molecule has 3 aromatic rings. The molecule has 0 bridgehead atoms. The van der Waals surface area contributed by atoms with Gasteiger partial charge in [0.25, 0.3) is 5.91 Å². The number of nitrogens with zero attached hydrogens (tertiary/aromatic N) is 2. The number of para-hydroxylation sites is 1. The number of carbonyl (C=O) groups is 2. The number of hydroxylamine groups is 1. The zero-order valence-corrected chi connectivity index (χ0v) is 19.8. The van der Waals surface area contributed by atoms with E-state index in [0.717, 1.165) is 4.90 Å². The molecule has 0 saturated carbocycles. The summed E-state index contributed by atoms with van der Waals surface area (Å²) in [7, 11) is 3.11. The topological polar surface area (TPSA) is 68.3 Å². The summed E-state index contributed by atoms with van der Waals surface area (Å²) in [6, 6.07) is 18.7. The second-order valence-electron chi connectivity index (χ2n) is 7.88. The third-order valence-corrected chi connectivity index (χ3v) is 6.79. The van der Waals surface area contributed by atoms with Crippen LogP contribution in [0.2, 0.25) is 10.0 Å². The molecular weight excluding hydrogens is 479 g/mol. The van der Waals surface area contributed by atoms with Gasteiger partial charge in [0.2, 0.25) is 5.91 Å². The van der Waals surface area contributed by atoms with Gasteiger partial charge in [0.1, 0.15) is 17.4 Å². The van der Waals surface area contributed by atoms with Crippen molar-refractivity contribution in [3.63, 3.8) is 0 Å². The Morgan fingerprint density at radius 1 is 0.824 bits per heavy atom. The van der Waals surface area contributed by atoms with Crippen molar-refractivity contribution in [3.05, 3.63) is 82.3 Å². The molecule has 0 aromatic heterocycles. The number of hydrogen-bond donors (Lipinski definition) is 0. The molecule has 34 heavy (non-hydrogen) atoms. The minimum atomic E-state index is -1.01. The van der Waals surface area contributed by atoms with Crippen molar-refractivity contribution in [3.8, 4) is 11.5 Å². The summed E-state index contributed by atoms with van der Waals surface area (Å²) >= 11 is 12.2. The average molecular weight is 499 g/mol. The van der Waals surface area contributed by atoms with Gasteiger partial charge in [0, 0.05) is 11.6 Å². The fourth-order valence-electron chi connectivity index (χ4n) is 4.47. The zero-order valence-electron chi connectivity index (χ0n) is 18.3. The van der Waals surface area contributed by atoms with Gasteiger partial charge >= 0.3 is 0 Å². The van der Waals surface area contributed by atoms with E-state index in [0.29, 0.717) is 33.5 Å². The standard InChI is InChI=1S/C25H20Cl2N2O5/c1-32-16-9-10-17(20(13-16)33-2)22-21-23(34-29(22)14-6-4-3-5-7-14)25(31)28(24(21)30)15-8-11-18(26)19(27)12-15/h3-13,21-23H,1-2H3/t21-,22-,23-/m0/s1. The molecule has 3 aromatic carbocycles. The van der Waals surface area contributed by atoms with E-state index < -0.39 is 29.9 Å². The van der Waals surface area contributed by atoms with Gasteiger partial charge in [-0.3, -0.25) is 14.4 Å². The Bertz CT molecular complexity index is 1270. The van der Waals surface area contributed by atoms with Crippen LogP contribution < -0.4 is 19.4 Å². The van der Waals surface area contributed by atoms with Crippen LogP contribution in [0.15, 0.2) is 66.7 Å². The lowest BCUT2D eigenvalue weighted by atomic mass is 9.90. The fourth-order valence-corrected chi connectivity index (χ4v) is 4.76. The number of benzene rings is 3. The van der Waals surface area contributed by atoms with Gasteiger partial charge in [0.15, 0.2) is 6.10 Å². The molecule has 2 amide bonds. The van der Waals surface area contributed by atoms with Gasteiger partial charge in [-0.05, 0) is 42.5 Å². The van der Waals surface area contributed by atoms with E-state index in [9.17, 15) is 9.59 Å². The predicted octanol–water partition coefficient (Wildman–Crippen LogP) is 5.06. The van der Waals surface area contributed by atoms with Crippen LogP contribution in [-0.2, 0) is 14.4 Å². The second-order valence-corrected chi connectivity index (χ2v) is 8.69. The quantitative estimate of drug-likeness (QED) is 0.458. The Hall–Kier alpha value is -3.26. The van der Waals surface area contributed by atoms with Gasteiger partial charge in [-0.2, -0.15) is 0 Å². The molecule has 2 fully saturated rings. The number of fused-ring (bicyclic) bond motifs is 1. The van der Waals surface area contributed by atoms with Crippen molar-refractivity contribution in [1.82, 2.24) is 0 Å². The van der Waals surface area contributed by atoms with Crippen LogP contribution in [0, 0.1) is 5.92 Å². The maximum absolute atomic E-state index is 13.7. The number of hydrogen-bond acceptors (Lipinski definition) is 6. The van der Waals surface area contributed by atoms with Gasteiger partial charge in [-0.25, -0.2) is 9.96 Å². The van der Waals surface area contributed by atoms with Crippen molar-refractivity contribution >= 4 is 46.4 Å². The van der Waals surface area contributed by atoms with Crippen molar-refractivity contribution in [2.75, 3.05) is 24.2 Å². The van der Waals surface area contributed by atoms with Crippen molar-refractivity contribution in [1.29, 1.82) is 0 Å². The molecule has 174 valence electrons. The summed E-state index contributed by atoms with van der Waals surface area (Å²) in [5, 5.41) is 2.19. The third kappa shape index (κ3) is 3.57. The molecule has 0 radical (unpaired) electrons. The molecule has 9 heteroatoms. The minimum Gasteiger partial charge on any atom is -0.497 e. The first-order chi connectivity index (χ1) is 16.4. The molecule has 0 N–H and O–H groups in total. The lowest BCUT2D eigenvalue weighted by molar-refractivity contribution is -0.126. The third-order valence-electron chi connectivity index (χ3n) is 6.05. The second kappa shape index (κ2) is 8.83. The molecule has 3 atom stereocenters. The Morgan fingerprint density at radius 2 is 1.59 bits per heavy atom. The van der Waals surface area contributed by atoms with E-state index in [-0.39, 0.29) is 5.02 Å². The number of ether oxygens (including phenoxy) is 2. The van der Waals surface area contributed by atoms with Crippen LogP contribution >= 0.6 is 23.2 Å². The van der Waals surface area contributed by atoms with Crippen LogP contribution in [0.5, 0.6) is 11.5 Å². The first-order valence-electron chi connectivity index (χ1n) is 10.5. The molecule has 0 unspecified atom stereocenters. The fraction of sp³-hybridized carbons (Fsp3) is 0.200. The Labute approximate surface area is 206 Å². The molecule has 2 aliphatic rings. The molecule has 0 aliphatic carbocycles. The Morgan fingerprint density at radius 3 is 2.26 bits per heavy atom. The Kier molecular flexibility index (Phi) is 5.85. The molecule has 7 nitrogen and oxygen atoms in total. The smallest absolute Gasteiger partial charge is 0.266 e. The highest BCUT2D eigenvalue weighted by molar-refractivity contribution is 6.42. The summed E-state index contributed by atoms with van der Waals surface area (Å²) in [5.74, 6) is -0.556. The van der Waals surface area contributed by atoms with E-state index in [1.807, 2.05) is 36.4 Å². The maximum atomic E-state index is 13.7. The van der Waals surface area contributed by atoms with Gasteiger partial charge in [-0.15, -0.1) is 0 Å². The lowest BCUT2D eigenvalue weighted by Gasteiger charge is -2.29. The van der Waals surface area contributed by atoms with Crippen LogP contribution in [0.1, 0.15) is 11.6 Å². The Balaban J connectivity index is 1.62. The number of carbonyl (C=O) groups excluding carboxylic acids is 2. The van der Waals surface area contributed by atoms with Crippen LogP contribution in [0.4, 0.5) is 11.4 Å². The van der Waals surface area contributed by atoms with Gasteiger partial charge in [0.05, 0.1) is 41.7 Å². The van der Waals surface area contributed by atoms with Crippen LogP contribution in [0.3, 0.4) is 0 Å². The summed E-state index contributed by atoms with van der Waals surface area (Å²) in [6.45, 7) is 0. The highest BCUT2D eigenvalue weighted by Gasteiger charge is 2.60. The molecular formula is C25H20Cl2N2O5. The highest BCUT2D eigenvalue weighted by Crippen LogP contribution is 2.50. The SMILES string of the molecule is COc1ccc([C@H]2[C@@H]3C(=O)N(c4ccc(Cl)c(Cl)c4)C(=O)[C@H]3ON2c2ccccc2)c(OC)c1. The normalized spacial score (nSPS) is 21.7. The summed E-state index contributed by atoms with van der Waals surface area (Å²) in [6.07, 6.45) is -1.01. The zero-order chi connectivity index (χ0) is 24.0. The molecule has 2 saturated heterocycles. The number of methoxy groups -OCH3 is 2. The van der Waals surface area contributed by atoms with E-state index in [1.54, 1.807) is 43.5 Å². The number of imide groups is 1. The summed E-state index contributed by atoms with van der Waals surface area (Å²) in [4.78, 5) is 34.4. The van der Waals surface area contributed by atoms with Crippen molar-refractivity contribution in [2.45, 2.75) is 12.1 Å². The van der Waals surface area contributed by atoms with Gasteiger partial charge in [-0.1, -0.05) is 41.4 Å². The average Bonchev–Trinajstić information content (AvgIpc) is 3.36. The number of amides is 2. The predicted molar refractivity (Wildman–Crippen MR) is 129 cm³/mol. The first kappa shape index (κ1) is 22.5. The first-order valence-corrected chi connectivity index (χ1v) is 11.3. The van der Waals surface area contributed by atoms with Crippen molar-refractivity contribution < 1.29 is 23.9 Å². The number of anilines is 2. The van der Waals surface area contributed by atoms with E-state index >= 15 is 0 Å². The van der Waals surface area contributed by atoms with Crippen LogP contribution in [0.25, 0.3) is 0 Å². The monoisotopic (exact) mass is 498 g/mol. The lowest BCUT2D eigenvalue weighted by Crippen LogP contribution is -2.37. The molecule has 0 spiro atoms. The summed E-state index contributed by atoms with van der Waals surface area (Å²) < 4.78 is 11.0. The highest BCUT2D eigenvalue weighted by atomic mass is 35.5. The maximum Gasteiger partial charge on any atom is 0.266 e. The van der Waals surface area contributed by atoms with E-state index in [1.165, 1.54) is 6.07 Å². The molecule has 2 heterocycles. The van der Waals surface area contributed by atoms with E-state index in [2.05, 4.69) is 0 Å². The number of rotatable bonds is 5. The number of halogens is 2. The largest absolute Gasteiger partial charge is 0.497 e.